The molecule has 0 aliphatic carbocycles. The Bertz CT molecular complexity index is 1010. The number of rotatable bonds is 6. The Balaban J connectivity index is 0.000000654. The molecule has 0 aliphatic heterocycles. The lowest BCUT2D eigenvalue weighted by atomic mass is 9.95. The molecule has 32 heavy (non-hydrogen) atoms. The molecule has 0 amide bonds. The molecular weight excluding hydrogens is 429 g/mol. The van der Waals surface area contributed by atoms with Gasteiger partial charge < -0.3 is 0 Å². The minimum absolute atomic E-state index is 0.319. The third kappa shape index (κ3) is 6.95. The van der Waals surface area contributed by atoms with Crippen LogP contribution in [0.5, 0.6) is 0 Å². The third-order valence-electron chi connectivity index (χ3n) is 4.75. The fourth-order valence-corrected chi connectivity index (χ4v) is 3.33. The fraction of sp³-hybridized carbons (Fsp3) is 0.308. The Morgan fingerprint density at radius 1 is 0.938 bits per heavy atom. The molecule has 1 heterocycles. The van der Waals surface area contributed by atoms with Crippen molar-refractivity contribution in [1.29, 1.82) is 0 Å². The van der Waals surface area contributed by atoms with Crippen LogP contribution in [0.3, 0.4) is 0 Å². The molecule has 1 aromatic heterocycles. The molecule has 0 unspecified atom stereocenters. The summed E-state index contributed by atoms with van der Waals surface area (Å²) in [5, 5.41) is 0. The summed E-state index contributed by atoms with van der Waals surface area (Å²) in [5.74, 6) is -1.09. The van der Waals surface area contributed by atoms with Crippen molar-refractivity contribution >= 4 is 11.8 Å². The van der Waals surface area contributed by atoms with E-state index < -0.39 is 12.0 Å². The van der Waals surface area contributed by atoms with Gasteiger partial charge in [0.15, 0.2) is 0 Å². The van der Waals surface area contributed by atoms with E-state index in [-0.39, 0.29) is 0 Å². The van der Waals surface area contributed by atoms with Crippen molar-refractivity contribution in [2.45, 2.75) is 51.1 Å². The molecular formula is C26H29F3N2S. The maximum atomic E-state index is 13.4. The lowest BCUT2D eigenvalue weighted by Crippen LogP contribution is -2.15. The van der Waals surface area contributed by atoms with Crippen LogP contribution in [0.4, 0.5) is 13.2 Å². The molecule has 3 rings (SSSR count). The van der Waals surface area contributed by atoms with Gasteiger partial charge in [-0.05, 0) is 43.7 Å². The van der Waals surface area contributed by atoms with Crippen molar-refractivity contribution < 1.29 is 13.2 Å². The van der Waals surface area contributed by atoms with Crippen LogP contribution in [0, 0.1) is 0 Å². The molecule has 2 nitrogen and oxygen atoms in total. The van der Waals surface area contributed by atoms with Gasteiger partial charge in [0.05, 0.1) is 11.4 Å². The summed E-state index contributed by atoms with van der Waals surface area (Å²) >= 11 is 1.58. The highest BCUT2D eigenvalue weighted by Gasteiger charge is 2.36. The molecule has 3 aromatic rings. The monoisotopic (exact) mass is 458 g/mol. The summed E-state index contributed by atoms with van der Waals surface area (Å²) in [6.07, 6.45) is -0.382. The van der Waals surface area contributed by atoms with Gasteiger partial charge in [0.1, 0.15) is 0 Å². The number of nitrogens with zero attached hydrogens (tertiary/aromatic N) is 2. The first-order chi connectivity index (χ1) is 15.2. The van der Waals surface area contributed by atoms with Crippen molar-refractivity contribution in [3.63, 3.8) is 0 Å². The molecule has 2 aromatic carbocycles. The molecule has 0 aliphatic rings. The lowest BCUT2D eigenvalue weighted by Gasteiger charge is -2.17. The van der Waals surface area contributed by atoms with Gasteiger partial charge in [-0.1, -0.05) is 68.3 Å². The van der Waals surface area contributed by atoms with Crippen LogP contribution in [0.15, 0.2) is 71.6 Å². The third-order valence-corrected chi connectivity index (χ3v) is 5.50. The van der Waals surface area contributed by atoms with E-state index >= 15 is 0 Å². The van der Waals surface area contributed by atoms with Crippen molar-refractivity contribution in [1.82, 2.24) is 9.97 Å². The second kappa shape index (κ2) is 11.9. The Labute approximate surface area is 193 Å². The molecule has 0 spiro atoms. The second-order valence-corrected chi connectivity index (χ2v) is 8.25. The largest absolute Gasteiger partial charge is 0.451 e. The predicted octanol–water partition coefficient (Wildman–Crippen LogP) is 8.48. The highest BCUT2D eigenvalue weighted by molar-refractivity contribution is 7.98. The van der Waals surface area contributed by atoms with E-state index in [0.29, 0.717) is 35.4 Å². The average molecular weight is 459 g/mol. The summed E-state index contributed by atoms with van der Waals surface area (Å²) in [7, 11) is 0. The number of allylic oxidation sites excluding steroid dienone is 1. The second-order valence-electron chi connectivity index (χ2n) is 7.37. The van der Waals surface area contributed by atoms with E-state index in [1.165, 1.54) is 5.57 Å². The smallest absolute Gasteiger partial charge is 0.229 e. The van der Waals surface area contributed by atoms with Gasteiger partial charge in [-0.2, -0.15) is 13.2 Å². The molecule has 0 N–H and O–H groups in total. The zero-order valence-electron chi connectivity index (χ0n) is 19.0. The Morgan fingerprint density at radius 3 is 2.00 bits per heavy atom. The van der Waals surface area contributed by atoms with Gasteiger partial charge in [0.25, 0.3) is 0 Å². The number of aryl methyl sites for hydroxylation is 1. The first-order valence-corrected chi connectivity index (χ1v) is 11.8. The Kier molecular flexibility index (Phi) is 9.51. The SMILES string of the molecule is C=C(C)CC.CCCc1nc(C(F)(F)F)nc(-c2ccc(SC)cc2)c1-c1ccccc1. The van der Waals surface area contributed by atoms with E-state index in [0.717, 1.165) is 16.9 Å². The fourth-order valence-electron chi connectivity index (χ4n) is 2.92. The Hall–Kier alpha value is -2.60. The number of aromatic nitrogens is 2. The van der Waals surface area contributed by atoms with E-state index in [2.05, 4.69) is 23.5 Å². The van der Waals surface area contributed by atoms with Crippen molar-refractivity contribution in [2.24, 2.45) is 0 Å². The number of alkyl halides is 3. The van der Waals surface area contributed by atoms with E-state index in [1.54, 1.807) is 11.8 Å². The normalized spacial score (nSPS) is 11.0. The van der Waals surface area contributed by atoms with Crippen LogP contribution in [0.2, 0.25) is 0 Å². The van der Waals surface area contributed by atoms with Gasteiger partial charge in [0, 0.05) is 16.0 Å². The van der Waals surface area contributed by atoms with Crippen LogP contribution in [-0.4, -0.2) is 16.2 Å². The summed E-state index contributed by atoms with van der Waals surface area (Å²) in [5.41, 5.74) is 4.14. The van der Waals surface area contributed by atoms with Crippen molar-refractivity contribution in [3.8, 4) is 22.4 Å². The highest BCUT2D eigenvalue weighted by Crippen LogP contribution is 2.37. The molecule has 0 radical (unpaired) electrons. The number of benzene rings is 2. The maximum absolute atomic E-state index is 13.4. The zero-order valence-corrected chi connectivity index (χ0v) is 19.8. The molecule has 0 saturated heterocycles. The highest BCUT2D eigenvalue weighted by atomic mass is 32.2. The lowest BCUT2D eigenvalue weighted by molar-refractivity contribution is -0.145. The molecule has 170 valence electrons. The molecule has 0 saturated carbocycles. The summed E-state index contributed by atoms with van der Waals surface area (Å²) in [4.78, 5) is 8.88. The summed E-state index contributed by atoms with van der Waals surface area (Å²) < 4.78 is 40.3. The molecule has 0 atom stereocenters. The van der Waals surface area contributed by atoms with E-state index in [1.807, 2.05) is 74.7 Å². The predicted molar refractivity (Wildman–Crippen MR) is 129 cm³/mol. The molecule has 0 fully saturated rings. The first kappa shape index (κ1) is 25.7. The van der Waals surface area contributed by atoms with Crippen molar-refractivity contribution in [2.75, 3.05) is 6.26 Å². The van der Waals surface area contributed by atoms with Crippen LogP contribution in [0.1, 0.15) is 45.1 Å². The van der Waals surface area contributed by atoms with E-state index in [4.69, 9.17) is 0 Å². The summed E-state index contributed by atoms with van der Waals surface area (Å²) in [6.45, 7) is 9.73. The van der Waals surface area contributed by atoms with E-state index in [9.17, 15) is 13.2 Å². The van der Waals surface area contributed by atoms with Gasteiger partial charge in [-0.25, -0.2) is 9.97 Å². The number of hydrogen-bond donors (Lipinski definition) is 0. The van der Waals surface area contributed by atoms with Crippen LogP contribution in [-0.2, 0) is 12.6 Å². The molecule has 6 heteroatoms. The van der Waals surface area contributed by atoms with Gasteiger partial charge in [-0.3, -0.25) is 0 Å². The van der Waals surface area contributed by atoms with Crippen molar-refractivity contribution in [3.05, 3.63) is 78.3 Å². The van der Waals surface area contributed by atoms with Crippen LogP contribution < -0.4 is 0 Å². The maximum Gasteiger partial charge on any atom is 0.451 e. The Morgan fingerprint density at radius 2 is 1.53 bits per heavy atom. The quantitative estimate of drug-likeness (QED) is 0.274. The van der Waals surface area contributed by atoms with Gasteiger partial charge in [-0.15, -0.1) is 18.3 Å². The average Bonchev–Trinajstić information content (AvgIpc) is 2.79. The number of hydrogen-bond acceptors (Lipinski definition) is 3. The van der Waals surface area contributed by atoms with Gasteiger partial charge >= 0.3 is 6.18 Å². The van der Waals surface area contributed by atoms with Gasteiger partial charge in [0.2, 0.25) is 5.82 Å². The summed E-state index contributed by atoms with van der Waals surface area (Å²) in [6, 6.07) is 16.8. The zero-order chi connectivity index (χ0) is 23.7. The van der Waals surface area contributed by atoms with Crippen LogP contribution in [0.25, 0.3) is 22.4 Å². The standard InChI is InChI=1S/C21H19F3N2S.C5H10/c1-3-7-17-18(14-8-5-4-6-9-14)19(26-20(25-17)21(22,23)24)15-10-12-16(27-2)13-11-15;1-4-5(2)3/h4-6,8-13H,3,7H2,1-2H3;2,4H2,1,3H3. The molecule has 0 bridgehead atoms. The minimum Gasteiger partial charge on any atom is -0.229 e. The van der Waals surface area contributed by atoms with Crippen LogP contribution >= 0.6 is 11.8 Å². The first-order valence-electron chi connectivity index (χ1n) is 10.5. The number of halogens is 3. The minimum atomic E-state index is -4.59. The topological polar surface area (TPSA) is 25.8 Å². The number of thioether (sulfide) groups is 1.